The maximum atomic E-state index is 12.7. The van der Waals surface area contributed by atoms with Crippen molar-refractivity contribution in [3.05, 3.63) is 11.6 Å². The molecule has 8 atom stereocenters. The van der Waals surface area contributed by atoms with Crippen LogP contribution in [-0.4, -0.2) is 31.6 Å². The predicted octanol–water partition coefficient (Wildman–Crippen LogP) is 8.87. The van der Waals surface area contributed by atoms with Crippen molar-refractivity contribution in [3.63, 3.8) is 0 Å². The molecule has 0 bridgehead atoms. The average molecular weight is 531 g/mol. The minimum atomic E-state index is 0.0332. The number of rotatable bonds is 13. The number of carbonyl (C=O) groups is 1. The van der Waals surface area contributed by atoms with Crippen LogP contribution in [0.4, 0.5) is 0 Å². The second kappa shape index (κ2) is 13.2. The Kier molecular flexibility index (Phi) is 10.5. The van der Waals surface area contributed by atoms with Crippen LogP contribution in [0.15, 0.2) is 11.6 Å². The normalized spacial score (nSPS) is 37.2. The largest absolute Gasteiger partial charge is 0.462 e. The quantitative estimate of drug-likeness (QED) is 0.103. The van der Waals surface area contributed by atoms with Crippen LogP contribution in [0.5, 0.6) is 0 Å². The summed E-state index contributed by atoms with van der Waals surface area (Å²) in [4.78, 5) is 12.7. The van der Waals surface area contributed by atoms with Gasteiger partial charge in [-0.2, -0.15) is 0 Å². The Hall–Kier alpha value is -0.870. The Morgan fingerprint density at radius 3 is 2.47 bits per heavy atom. The molecule has 38 heavy (non-hydrogen) atoms. The van der Waals surface area contributed by atoms with Gasteiger partial charge in [-0.3, -0.25) is 4.79 Å². The molecular formula is C34H58O4. The molecule has 4 nitrogen and oxygen atoms in total. The van der Waals surface area contributed by atoms with Crippen LogP contribution in [0.3, 0.4) is 0 Å². The van der Waals surface area contributed by atoms with Gasteiger partial charge in [-0.1, -0.05) is 59.1 Å². The van der Waals surface area contributed by atoms with Crippen molar-refractivity contribution in [2.24, 2.45) is 40.4 Å². The SMILES string of the molecule is CCCC(CCC)OC(=O)CCC(C)[C@H]1CC[C@H]2[C@@H]3CC=C4C[C@@H](OCOCC)CC[C@]4(C)[C@H]3CC[C@]12C. The van der Waals surface area contributed by atoms with Crippen molar-refractivity contribution in [2.75, 3.05) is 13.4 Å². The Labute approximate surface area is 234 Å². The van der Waals surface area contributed by atoms with Gasteiger partial charge in [0.1, 0.15) is 12.9 Å². The molecule has 0 N–H and O–H groups in total. The van der Waals surface area contributed by atoms with Gasteiger partial charge in [0.2, 0.25) is 0 Å². The van der Waals surface area contributed by atoms with Crippen molar-refractivity contribution in [3.8, 4) is 0 Å². The molecular weight excluding hydrogens is 472 g/mol. The van der Waals surface area contributed by atoms with Gasteiger partial charge in [-0.05, 0) is 118 Å². The first kappa shape index (κ1) is 30.1. The van der Waals surface area contributed by atoms with Crippen molar-refractivity contribution >= 4 is 5.97 Å². The standard InChI is InChI=1S/C34H58O4/c1-7-10-26(11-8-2)38-32(35)17-12-24(4)29-15-16-30-28-14-13-25-22-27(37-23-36-9-3)18-20-33(25,5)31(28)19-21-34(29,30)6/h13,24,26-31H,7-12,14-23H2,1-6H3/t24?,27-,28-,29+,30-,31-,33-,34+/m0/s1. The molecule has 0 radical (unpaired) electrons. The van der Waals surface area contributed by atoms with Crippen LogP contribution in [0.2, 0.25) is 0 Å². The first-order valence-corrected chi connectivity index (χ1v) is 16.3. The number of ether oxygens (including phenoxy) is 3. The van der Waals surface area contributed by atoms with Crippen LogP contribution >= 0.6 is 0 Å². The highest BCUT2D eigenvalue weighted by Gasteiger charge is 2.59. The third-order valence-corrected chi connectivity index (χ3v) is 11.7. The molecule has 0 aromatic carbocycles. The Morgan fingerprint density at radius 1 is 1.00 bits per heavy atom. The van der Waals surface area contributed by atoms with E-state index in [0.29, 0.717) is 36.1 Å². The highest BCUT2D eigenvalue weighted by atomic mass is 16.7. The van der Waals surface area contributed by atoms with E-state index in [-0.39, 0.29) is 12.1 Å². The Bertz CT molecular complexity index is 800. The minimum Gasteiger partial charge on any atom is -0.462 e. The Balaban J connectivity index is 1.35. The van der Waals surface area contributed by atoms with Crippen molar-refractivity contribution in [2.45, 2.75) is 144 Å². The summed E-state index contributed by atoms with van der Waals surface area (Å²) in [6.45, 7) is 15.2. The van der Waals surface area contributed by atoms with E-state index in [1.807, 2.05) is 6.92 Å². The molecule has 3 saturated carbocycles. The lowest BCUT2D eigenvalue weighted by Crippen LogP contribution is -2.51. The molecule has 218 valence electrons. The molecule has 0 heterocycles. The predicted molar refractivity (Wildman–Crippen MR) is 155 cm³/mol. The molecule has 0 spiro atoms. The molecule has 3 fully saturated rings. The van der Waals surface area contributed by atoms with Gasteiger partial charge < -0.3 is 14.2 Å². The molecule has 0 aromatic rings. The number of fused-ring (bicyclic) bond motifs is 5. The fraction of sp³-hybridized carbons (Fsp3) is 0.912. The highest BCUT2D eigenvalue weighted by molar-refractivity contribution is 5.69. The Morgan fingerprint density at radius 2 is 1.76 bits per heavy atom. The van der Waals surface area contributed by atoms with Gasteiger partial charge in [0.15, 0.2) is 0 Å². The van der Waals surface area contributed by atoms with Crippen LogP contribution in [0.25, 0.3) is 0 Å². The lowest BCUT2D eigenvalue weighted by atomic mass is 9.47. The van der Waals surface area contributed by atoms with Crippen molar-refractivity contribution < 1.29 is 19.0 Å². The van der Waals surface area contributed by atoms with E-state index >= 15 is 0 Å². The van der Waals surface area contributed by atoms with E-state index in [9.17, 15) is 4.79 Å². The van der Waals surface area contributed by atoms with Gasteiger partial charge in [-0.15, -0.1) is 0 Å². The lowest BCUT2D eigenvalue weighted by Gasteiger charge is -2.58. The molecule has 0 saturated heterocycles. The summed E-state index contributed by atoms with van der Waals surface area (Å²) in [6, 6.07) is 0. The van der Waals surface area contributed by atoms with Gasteiger partial charge in [-0.25, -0.2) is 0 Å². The number of hydrogen-bond acceptors (Lipinski definition) is 4. The summed E-state index contributed by atoms with van der Waals surface area (Å²) in [6.07, 6.45) is 19.1. The van der Waals surface area contributed by atoms with Crippen LogP contribution in [0.1, 0.15) is 131 Å². The monoisotopic (exact) mass is 530 g/mol. The smallest absolute Gasteiger partial charge is 0.306 e. The third kappa shape index (κ3) is 6.22. The van der Waals surface area contributed by atoms with Gasteiger partial charge in [0.25, 0.3) is 0 Å². The molecule has 1 unspecified atom stereocenters. The zero-order valence-corrected chi connectivity index (χ0v) is 25.6. The zero-order valence-electron chi connectivity index (χ0n) is 25.6. The van der Waals surface area contributed by atoms with E-state index in [1.54, 1.807) is 5.57 Å². The summed E-state index contributed by atoms with van der Waals surface area (Å²) in [5, 5.41) is 0. The minimum absolute atomic E-state index is 0.0332. The molecule has 0 amide bonds. The van der Waals surface area contributed by atoms with E-state index in [1.165, 1.54) is 44.9 Å². The van der Waals surface area contributed by atoms with E-state index in [2.05, 4.69) is 40.7 Å². The lowest BCUT2D eigenvalue weighted by molar-refractivity contribution is -0.150. The highest BCUT2D eigenvalue weighted by Crippen LogP contribution is 2.67. The number of carbonyl (C=O) groups excluding carboxylic acids is 1. The van der Waals surface area contributed by atoms with Gasteiger partial charge in [0, 0.05) is 13.0 Å². The van der Waals surface area contributed by atoms with Gasteiger partial charge in [0.05, 0.1) is 6.10 Å². The molecule has 0 aliphatic heterocycles. The first-order valence-electron chi connectivity index (χ1n) is 16.3. The zero-order chi connectivity index (χ0) is 27.3. The summed E-state index contributed by atoms with van der Waals surface area (Å²) in [5.41, 5.74) is 2.47. The number of allylic oxidation sites excluding steroid dienone is 1. The van der Waals surface area contributed by atoms with E-state index in [0.717, 1.165) is 68.8 Å². The maximum Gasteiger partial charge on any atom is 0.306 e. The van der Waals surface area contributed by atoms with Crippen LogP contribution in [0, 0.1) is 40.4 Å². The number of esters is 1. The summed E-state index contributed by atoms with van der Waals surface area (Å²) in [5.74, 6) is 3.85. The molecule has 0 aromatic heterocycles. The van der Waals surface area contributed by atoms with E-state index < -0.39 is 0 Å². The van der Waals surface area contributed by atoms with Gasteiger partial charge >= 0.3 is 5.97 Å². The second-order valence-corrected chi connectivity index (χ2v) is 13.8. The number of hydrogen-bond donors (Lipinski definition) is 0. The fourth-order valence-corrected chi connectivity index (χ4v) is 9.67. The van der Waals surface area contributed by atoms with E-state index in [4.69, 9.17) is 14.2 Å². The van der Waals surface area contributed by atoms with Crippen LogP contribution < -0.4 is 0 Å². The topological polar surface area (TPSA) is 44.8 Å². The molecule has 4 rings (SSSR count). The van der Waals surface area contributed by atoms with Crippen molar-refractivity contribution in [1.82, 2.24) is 0 Å². The average Bonchev–Trinajstić information content (AvgIpc) is 3.25. The second-order valence-electron chi connectivity index (χ2n) is 13.8. The summed E-state index contributed by atoms with van der Waals surface area (Å²) < 4.78 is 17.4. The molecule has 4 aliphatic rings. The fourth-order valence-electron chi connectivity index (χ4n) is 9.67. The first-order chi connectivity index (χ1) is 18.3. The maximum absolute atomic E-state index is 12.7. The third-order valence-electron chi connectivity index (χ3n) is 11.7. The molecule has 4 aliphatic carbocycles. The van der Waals surface area contributed by atoms with Crippen molar-refractivity contribution in [1.29, 1.82) is 0 Å². The summed E-state index contributed by atoms with van der Waals surface area (Å²) in [7, 11) is 0. The van der Waals surface area contributed by atoms with Crippen LogP contribution in [-0.2, 0) is 19.0 Å². The molecule has 4 heteroatoms. The summed E-state index contributed by atoms with van der Waals surface area (Å²) >= 11 is 0.